The maximum Gasteiger partial charge on any atom is 0.317 e. The van der Waals surface area contributed by atoms with E-state index in [1.165, 1.54) is 0 Å². The zero-order chi connectivity index (χ0) is 13.2. The van der Waals surface area contributed by atoms with Gasteiger partial charge in [-0.05, 0) is 30.3 Å². The molecule has 5 nitrogen and oxygen atoms in total. The van der Waals surface area contributed by atoms with Crippen LogP contribution in [0.3, 0.4) is 0 Å². The maximum absolute atomic E-state index is 11.5. The number of nitrogens with zero attached hydrogens (tertiary/aromatic N) is 1. The van der Waals surface area contributed by atoms with Crippen LogP contribution in [-0.2, 0) is 14.6 Å². The molecule has 0 aromatic rings. The molecule has 0 aromatic heterocycles. The predicted octanol–water partition coefficient (Wildman–Crippen LogP) is 0.313. The Balaban J connectivity index is 1.98. The number of carbonyl (C=O) groups is 1. The number of hydrogen-bond donors (Lipinski definition) is 1. The smallest absolute Gasteiger partial charge is 0.317 e. The lowest BCUT2D eigenvalue weighted by Gasteiger charge is -2.28. The molecule has 2 atom stereocenters. The van der Waals surface area contributed by atoms with E-state index < -0.39 is 15.8 Å². The average Bonchev–Trinajstić information content (AvgIpc) is 2.86. The van der Waals surface area contributed by atoms with Gasteiger partial charge in [0, 0.05) is 12.6 Å². The van der Waals surface area contributed by atoms with Crippen molar-refractivity contribution in [3.8, 4) is 0 Å². The van der Waals surface area contributed by atoms with E-state index in [0.29, 0.717) is 12.3 Å². The fourth-order valence-corrected chi connectivity index (χ4v) is 5.67. The van der Waals surface area contributed by atoms with Crippen molar-refractivity contribution >= 4 is 27.6 Å². The van der Waals surface area contributed by atoms with Crippen LogP contribution in [0.15, 0.2) is 0 Å². The quantitative estimate of drug-likeness (QED) is 0.786. The molecular formula is C11H19NO4S2. The molecule has 18 heavy (non-hydrogen) atoms. The lowest BCUT2D eigenvalue weighted by Crippen LogP contribution is -2.42. The molecule has 0 spiro atoms. The molecule has 0 saturated carbocycles. The first-order valence-corrected chi connectivity index (χ1v) is 9.18. The summed E-state index contributed by atoms with van der Waals surface area (Å²) in [7, 11) is -2.95. The molecule has 2 aliphatic rings. The maximum atomic E-state index is 11.5. The van der Waals surface area contributed by atoms with Gasteiger partial charge in [0.15, 0.2) is 9.84 Å². The Labute approximate surface area is 112 Å². The third-order valence-electron chi connectivity index (χ3n) is 3.58. The average molecular weight is 293 g/mol. The second-order valence-electron chi connectivity index (χ2n) is 5.11. The zero-order valence-corrected chi connectivity index (χ0v) is 11.9. The molecule has 2 aliphatic heterocycles. The van der Waals surface area contributed by atoms with Gasteiger partial charge >= 0.3 is 5.97 Å². The number of sulfone groups is 1. The molecule has 1 N–H and O–H groups in total. The Morgan fingerprint density at radius 2 is 2.17 bits per heavy atom. The topological polar surface area (TPSA) is 74.7 Å². The van der Waals surface area contributed by atoms with E-state index in [-0.39, 0.29) is 24.1 Å². The largest absolute Gasteiger partial charge is 0.480 e. The third kappa shape index (κ3) is 3.86. The van der Waals surface area contributed by atoms with Gasteiger partial charge in [0.25, 0.3) is 0 Å². The van der Waals surface area contributed by atoms with Gasteiger partial charge in [-0.3, -0.25) is 9.69 Å². The summed E-state index contributed by atoms with van der Waals surface area (Å²) in [6, 6.07) is -0.100. The van der Waals surface area contributed by atoms with E-state index >= 15 is 0 Å². The molecule has 2 rings (SSSR count). The van der Waals surface area contributed by atoms with Gasteiger partial charge in [-0.25, -0.2) is 8.42 Å². The zero-order valence-electron chi connectivity index (χ0n) is 10.2. The first-order valence-electron chi connectivity index (χ1n) is 6.20. The number of carboxylic acids is 1. The summed E-state index contributed by atoms with van der Waals surface area (Å²) in [5.41, 5.74) is 0. The molecule has 2 heterocycles. The number of carboxylic acid groups (broad SMARTS) is 1. The Bertz CT molecular complexity index is 403. The van der Waals surface area contributed by atoms with E-state index in [0.717, 1.165) is 24.5 Å². The minimum atomic E-state index is -2.95. The molecule has 0 aromatic carbocycles. The number of rotatable bonds is 5. The van der Waals surface area contributed by atoms with Gasteiger partial charge in [0.1, 0.15) is 0 Å². The minimum Gasteiger partial charge on any atom is -0.480 e. The molecule has 0 amide bonds. The molecule has 2 saturated heterocycles. The first kappa shape index (κ1) is 14.1. The molecule has 2 fully saturated rings. The van der Waals surface area contributed by atoms with Crippen LogP contribution >= 0.6 is 11.8 Å². The monoisotopic (exact) mass is 293 g/mol. The standard InChI is InChI=1S/C11H19NO4S2/c13-11(14)6-12(5-9-1-3-17-7-9)10-2-4-18(15,16)8-10/h9-10H,1-8H2,(H,13,14). The molecule has 0 radical (unpaired) electrons. The van der Waals surface area contributed by atoms with Crippen molar-refractivity contribution in [1.29, 1.82) is 0 Å². The highest BCUT2D eigenvalue weighted by Gasteiger charge is 2.34. The van der Waals surface area contributed by atoms with Crippen molar-refractivity contribution in [3.63, 3.8) is 0 Å². The second kappa shape index (κ2) is 5.79. The van der Waals surface area contributed by atoms with Crippen molar-refractivity contribution in [1.82, 2.24) is 4.90 Å². The van der Waals surface area contributed by atoms with Crippen LogP contribution in [0.4, 0.5) is 0 Å². The molecular weight excluding hydrogens is 274 g/mol. The van der Waals surface area contributed by atoms with Crippen molar-refractivity contribution in [2.24, 2.45) is 5.92 Å². The molecule has 0 bridgehead atoms. The van der Waals surface area contributed by atoms with Gasteiger partial charge in [-0.15, -0.1) is 0 Å². The van der Waals surface area contributed by atoms with Crippen molar-refractivity contribution < 1.29 is 18.3 Å². The SMILES string of the molecule is O=C(O)CN(CC1CCSC1)C1CCS(=O)(=O)C1. The van der Waals surface area contributed by atoms with E-state index in [4.69, 9.17) is 5.11 Å². The minimum absolute atomic E-state index is 0.0403. The van der Waals surface area contributed by atoms with E-state index in [1.807, 2.05) is 16.7 Å². The Morgan fingerprint density at radius 3 is 2.67 bits per heavy atom. The fourth-order valence-electron chi connectivity index (χ4n) is 2.64. The van der Waals surface area contributed by atoms with E-state index in [2.05, 4.69) is 0 Å². The third-order valence-corrected chi connectivity index (χ3v) is 6.56. The van der Waals surface area contributed by atoms with Crippen molar-refractivity contribution in [2.45, 2.75) is 18.9 Å². The van der Waals surface area contributed by atoms with Crippen LogP contribution < -0.4 is 0 Å². The Hall–Kier alpha value is -0.270. The summed E-state index contributed by atoms with van der Waals surface area (Å²) in [5, 5.41) is 8.95. The van der Waals surface area contributed by atoms with Crippen molar-refractivity contribution in [2.75, 3.05) is 36.1 Å². The Kier molecular flexibility index (Phi) is 4.55. The van der Waals surface area contributed by atoms with Crippen LogP contribution in [0.2, 0.25) is 0 Å². The van der Waals surface area contributed by atoms with Gasteiger partial charge in [-0.1, -0.05) is 0 Å². The van der Waals surface area contributed by atoms with Gasteiger partial charge < -0.3 is 5.11 Å². The molecule has 0 aliphatic carbocycles. The van der Waals surface area contributed by atoms with Gasteiger partial charge in [0.2, 0.25) is 0 Å². The van der Waals surface area contributed by atoms with E-state index in [9.17, 15) is 13.2 Å². The first-order chi connectivity index (χ1) is 8.46. The van der Waals surface area contributed by atoms with Gasteiger partial charge in [0.05, 0.1) is 18.1 Å². The number of aliphatic carboxylic acids is 1. The molecule has 104 valence electrons. The van der Waals surface area contributed by atoms with Crippen LogP contribution in [0.1, 0.15) is 12.8 Å². The van der Waals surface area contributed by atoms with Crippen molar-refractivity contribution in [3.05, 3.63) is 0 Å². The highest BCUT2D eigenvalue weighted by atomic mass is 32.2. The normalized spacial score (nSPS) is 30.9. The second-order valence-corrected chi connectivity index (χ2v) is 8.49. The highest BCUT2D eigenvalue weighted by Crippen LogP contribution is 2.26. The lowest BCUT2D eigenvalue weighted by molar-refractivity contribution is -0.139. The molecule has 2 unspecified atom stereocenters. The van der Waals surface area contributed by atoms with Crippen LogP contribution in [0, 0.1) is 5.92 Å². The Morgan fingerprint density at radius 1 is 1.39 bits per heavy atom. The number of hydrogen-bond acceptors (Lipinski definition) is 5. The fraction of sp³-hybridized carbons (Fsp3) is 0.909. The summed E-state index contributed by atoms with van der Waals surface area (Å²) in [6.45, 7) is 0.681. The lowest BCUT2D eigenvalue weighted by atomic mass is 10.1. The van der Waals surface area contributed by atoms with E-state index in [1.54, 1.807) is 0 Å². The predicted molar refractivity (Wildman–Crippen MR) is 71.7 cm³/mol. The number of thioether (sulfide) groups is 1. The summed E-state index contributed by atoms with van der Waals surface area (Å²) in [6.07, 6.45) is 1.69. The van der Waals surface area contributed by atoms with Crippen LogP contribution in [-0.4, -0.2) is 66.5 Å². The summed E-state index contributed by atoms with van der Waals surface area (Å²) in [4.78, 5) is 12.8. The summed E-state index contributed by atoms with van der Waals surface area (Å²) < 4.78 is 23.0. The molecule has 7 heteroatoms. The van der Waals surface area contributed by atoms with Gasteiger partial charge in [-0.2, -0.15) is 11.8 Å². The summed E-state index contributed by atoms with van der Waals surface area (Å²) in [5.74, 6) is 2.17. The van der Waals surface area contributed by atoms with Crippen LogP contribution in [0.5, 0.6) is 0 Å². The highest BCUT2D eigenvalue weighted by molar-refractivity contribution is 7.99. The van der Waals surface area contributed by atoms with Crippen LogP contribution in [0.25, 0.3) is 0 Å². The summed E-state index contributed by atoms with van der Waals surface area (Å²) >= 11 is 1.89.